The molecule has 4 heteroatoms. The van der Waals surface area contributed by atoms with Crippen LogP contribution in [-0.2, 0) is 10.2 Å². The summed E-state index contributed by atoms with van der Waals surface area (Å²) in [6.07, 6.45) is -0.0552. The molecule has 0 aliphatic heterocycles. The lowest BCUT2D eigenvalue weighted by atomic mass is 9.80. The van der Waals surface area contributed by atoms with Crippen LogP contribution in [0.5, 0.6) is 5.75 Å². The molecule has 0 aliphatic carbocycles. The Kier molecular flexibility index (Phi) is 3.48. The normalized spacial score (nSPS) is 11.5. The lowest BCUT2D eigenvalue weighted by molar-refractivity contribution is -0.138. The first-order valence-electron chi connectivity index (χ1n) is 4.95. The van der Waals surface area contributed by atoms with Crippen LogP contribution >= 0.6 is 11.6 Å². The molecule has 0 bridgehead atoms. The van der Waals surface area contributed by atoms with Crippen molar-refractivity contribution >= 4 is 17.6 Å². The highest BCUT2D eigenvalue weighted by Crippen LogP contribution is 2.37. The van der Waals surface area contributed by atoms with Crippen LogP contribution in [0.2, 0.25) is 5.02 Å². The van der Waals surface area contributed by atoms with Gasteiger partial charge >= 0.3 is 5.97 Å². The molecule has 0 spiro atoms. The molecular formula is C12H15ClO3. The average Bonchev–Trinajstić information content (AvgIpc) is 2.08. The fourth-order valence-corrected chi connectivity index (χ4v) is 2.00. The molecule has 0 aliphatic rings. The number of benzene rings is 1. The molecule has 0 heterocycles. The quantitative estimate of drug-likeness (QED) is 0.856. The monoisotopic (exact) mass is 242 g/mol. The average molecular weight is 243 g/mol. The number of hydrogen-bond donors (Lipinski definition) is 2. The molecule has 0 unspecified atom stereocenters. The summed E-state index contributed by atoms with van der Waals surface area (Å²) in [5.41, 5.74) is 0.576. The summed E-state index contributed by atoms with van der Waals surface area (Å²) in [5, 5.41) is 19.2. The highest BCUT2D eigenvalue weighted by Gasteiger charge is 2.28. The first-order valence-corrected chi connectivity index (χ1v) is 5.33. The van der Waals surface area contributed by atoms with E-state index >= 15 is 0 Å². The van der Waals surface area contributed by atoms with Crippen molar-refractivity contribution in [2.75, 3.05) is 0 Å². The predicted octanol–water partition coefficient (Wildman–Crippen LogP) is 3.11. The number of halogens is 1. The van der Waals surface area contributed by atoms with Crippen LogP contribution in [0.1, 0.15) is 31.4 Å². The van der Waals surface area contributed by atoms with Crippen LogP contribution in [0.4, 0.5) is 0 Å². The lowest BCUT2D eigenvalue weighted by Gasteiger charge is -2.25. The molecule has 0 amide bonds. The molecule has 3 nitrogen and oxygen atoms in total. The Morgan fingerprint density at radius 1 is 1.44 bits per heavy atom. The Labute approximate surface area is 99.7 Å². The number of phenolic OH excluding ortho intramolecular Hbond substituents is 1. The first-order chi connectivity index (χ1) is 7.24. The van der Waals surface area contributed by atoms with E-state index in [-0.39, 0.29) is 12.2 Å². The van der Waals surface area contributed by atoms with Crippen LogP contribution < -0.4 is 0 Å². The number of phenols is 1. The third kappa shape index (κ3) is 2.67. The van der Waals surface area contributed by atoms with Crippen molar-refractivity contribution in [2.45, 2.75) is 32.6 Å². The SMILES string of the molecule is Cc1cc(Cl)cc(C(C)(C)CC(=O)O)c1O. The summed E-state index contributed by atoms with van der Waals surface area (Å²) in [5.74, 6) is -0.780. The zero-order chi connectivity index (χ0) is 12.5. The van der Waals surface area contributed by atoms with Crippen LogP contribution in [0, 0.1) is 6.92 Å². The van der Waals surface area contributed by atoms with E-state index in [9.17, 15) is 9.90 Å². The van der Waals surface area contributed by atoms with Crippen molar-refractivity contribution < 1.29 is 15.0 Å². The van der Waals surface area contributed by atoms with Gasteiger partial charge in [-0.15, -0.1) is 0 Å². The minimum atomic E-state index is -0.901. The van der Waals surface area contributed by atoms with Crippen LogP contribution in [0.3, 0.4) is 0 Å². The molecular weight excluding hydrogens is 228 g/mol. The second-order valence-corrected chi connectivity index (χ2v) is 5.01. The van der Waals surface area contributed by atoms with Gasteiger partial charge in [0.1, 0.15) is 5.75 Å². The maximum absolute atomic E-state index is 10.8. The second-order valence-electron chi connectivity index (χ2n) is 4.57. The fourth-order valence-electron chi connectivity index (χ4n) is 1.72. The highest BCUT2D eigenvalue weighted by atomic mass is 35.5. The van der Waals surface area contributed by atoms with Gasteiger partial charge in [-0.1, -0.05) is 25.4 Å². The number of aliphatic carboxylic acids is 1. The summed E-state index contributed by atoms with van der Waals surface area (Å²) in [4.78, 5) is 10.8. The van der Waals surface area contributed by atoms with Gasteiger partial charge in [0.25, 0.3) is 0 Å². The number of rotatable bonds is 3. The number of hydrogen-bond acceptors (Lipinski definition) is 2. The molecule has 16 heavy (non-hydrogen) atoms. The maximum atomic E-state index is 10.8. The Hall–Kier alpha value is -1.22. The number of carbonyl (C=O) groups is 1. The Balaban J connectivity index is 3.26. The molecule has 0 atom stereocenters. The minimum absolute atomic E-state index is 0.0552. The first kappa shape index (κ1) is 12.8. The van der Waals surface area contributed by atoms with Gasteiger partial charge < -0.3 is 10.2 Å². The van der Waals surface area contributed by atoms with E-state index in [2.05, 4.69) is 0 Å². The molecule has 2 N–H and O–H groups in total. The second kappa shape index (κ2) is 4.34. The van der Waals surface area contributed by atoms with E-state index in [1.807, 2.05) is 0 Å². The van der Waals surface area contributed by atoms with Crippen LogP contribution in [0.15, 0.2) is 12.1 Å². The Morgan fingerprint density at radius 2 is 2.00 bits per heavy atom. The van der Waals surface area contributed by atoms with E-state index < -0.39 is 11.4 Å². The molecule has 1 rings (SSSR count). The summed E-state index contributed by atoms with van der Waals surface area (Å²) < 4.78 is 0. The summed E-state index contributed by atoms with van der Waals surface area (Å²) in [7, 11) is 0. The van der Waals surface area contributed by atoms with Gasteiger partial charge in [0, 0.05) is 16.0 Å². The molecule has 1 aromatic carbocycles. The standard InChI is InChI=1S/C12H15ClO3/c1-7-4-8(13)5-9(11(7)16)12(2,3)6-10(14)15/h4-5,16H,6H2,1-3H3,(H,14,15). The van der Waals surface area contributed by atoms with Crippen molar-refractivity contribution in [1.82, 2.24) is 0 Å². The summed E-state index contributed by atoms with van der Waals surface area (Å²) in [6, 6.07) is 3.27. The number of aromatic hydroxyl groups is 1. The van der Waals surface area contributed by atoms with Gasteiger partial charge in [0.05, 0.1) is 6.42 Å². The van der Waals surface area contributed by atoms with Gasteiger partial charge in [0.15, 0.2) is 0 Å². The topological polar surface area (TPSA) is 57.5 Å². The van der Waals surface area contributed by atoms with E-state index in [0.717, 1.165) is 0 Å². The van der Waals surface area contributed by atoms with Crippen LogP contribution in [-0.4, -0.2) is 16.2 Å². The van der Waals surface area contributed by atoms with Crippen LogP contribution in [0.25, 0.3) is 0 Å². The van der Waals surface area contributed by atoms with E-state index in [1.54, 1.807) is 32.9 Å². The van der Waals surface area contributed by atoms with Gasteiger partial charge in [0.2, 0.25) is 0 Å². The minimum Gasteiger partial charge on any atom is -0.507 e. The van der Waals surface area contributed by atoms with E-state index in [0.29, 0.717) is 16.1 Å². The largest absolute Gasteiger partial charge is 0.507 e. The zero-order valence-electron chi connectivity index (χ0n) is 9.54. The number of carboxylic acids is 1. The molecule has 0 radical (unpaired) electrons. The van der Waals surface area contributed by atoms with Gasteiger partial charge in [-0.25, -0.2) is 0 Å². The molecule has 0 fully saturated rings. The van der Waals surface area contributed by atoms with Crippen molar-refractivity contribution in [2.24, 2.45) is 0 Å². The fraction of sp³-hybridized carbons (Fsp3) is 0.417. The Morgan fingerprint density at radius 3 is 2.50 bits per heavy atom. The molecule has 0 saturated carbocycles. The smallest absolute Gasteiger partial charge is 0.304 e. The number of carboxylic acid groups (broad SMARTS) is 1. The molecule has 0 saturated heterocycles. The summed E-state index contributed by atoms with van der Waals surface area (Å²) in [6.45, 7) is 5.28. The van der Waals surface area contributed by atoms with Gasteiger partial charge in [-0.3, -0.25) is 4.79 Å². The lowest BCUT2D eigenvalue weighted by Crippen LogP contribution is -2.22. The molecule has 0 aromatic heterocycles. The third-order valence-corrected chi connectivity index (χ3v) is 2.81. The zero-order valence-corrected chi connectivity index (χ0v) is 10.3. The third-order valence-electron chi connectivity index (χ3n) is 2.59. The number of aryl methyl sites for hydroxylation is 1. The predicted molar refractivity (Wildman–Crippen MR) is 63.1 cm³/mol. The summed E-state index contributed by atoms with van der Waals surface area (Å²) >= 11 is 5.91. The molecule has 1 aromatic rings. The van der Waals surface area contributed by atoms with Gasteiger partial charge in [-0.05, 0) is 24.6 Å². The van der Waals surface area contributed by atoms with Crippen molar-refractivity contribution in [3.8, 4) is 5.75 Å². The maximum Gasteiger partial charge on any atom is 0.304 e. The van der Waals surface area contributed by atoms with E-state index in [4.69, 9.17) is 16.7 Å². The van der Waals surface area contributed by atoms with Crippen molar-refractivity contribution in [1.29, 1.82) is 0 Å². The van der Waals surface area contributed by atoms with E-state index in [1.165, 1.54) is 0 Å². The van der Waals surface area contributed by atoms with Gasteiger partial charge in [-0.2, -0.15) is 0 Å². The van der Waals surface area contributed by atoms with Crippen molar-refractivity contribution in [3.63, 3.8) is 0 Å². The molecule has 88 valence electrons. The van der Waals surface area contributed by atoms with Crippen molar-refractivity contribution in [3.05, 3.63) is 28.3 Å². The highest BCUT2D eigenvalue weighted by molar-refractivity contribution is 6.30. The Bertz CT molecular complexity index is 425.